The minimum atomic E-state index is -0.253. The van der Waals surface area contributed by atoms with Crippen molar-refractivity contribution in [2.24, 2.45) is 0 Å². The molecule has 0 saturated carbocycles. The van der Waals surface area contributed by atoms with Gasteiger partial charge >= 0.3 is 0 Å². The van der Waals surface area contributed by atoms with Gasteiger partial charge in [0.25, 0.3) is 0 Å². The molecule has 0 amide bonds. The molecule has 1 aliphatic rings. The Kier molecular flexibility index (Phi) is 6.18. The van der Waals surface area contributed by atoms with Gasteiger partial charge in [0.05, 0.1) is 29.7 Å². The first-order valence-electron chi connectivity index (χ1n) is 11.4. The number of anilines is 3. The van der Waals surface area contributed by atoms with E-state index in [2.05, 4.69) is 50.4 Å². The second-order valence-electron chi connectivity index (χ2n) is 8.35. The number of aryl methyl sites for hydroxylation is 1. The highest BCUT2D eigenvalue weighted by molar-refractivity contribution is 7.14. The lowest BCUT2D eigenvalue weighted by molar-refractivity contribution is 0.287. The Morgan fingerprint density at radius 2 is 1.85 bits per heavy atom. The summed E-state index contributed by atoms with van der Waals surface area (Å²) in [5, 5.41) is 11.8. The Hall–Kier alpha value is -3.48. The van der Waals surface area contributed by atoms with Crippen LogP contribution in [0, 0.1) is 17.1 Å². The highest BCUT2D eigenvalue weighted by Crippen LogP contribution is 2.34. The summed E-state index contributed by atoms with van der Waals surface area (Å²) < 4.78 is 15.5. The summed E-state index contributed by atoms with van der Waals surface area (Å²) in [7, 11) is 2.02. The average Bonchev–Trinajstić information content (AvgIpc) is 3.49. The summed E-state index contributed by atoms with van der Waals surface area (Å²) in [5.41, 5.74) is 4.78. The number of hydrogen-bond donors (Lipinski definition) is 0. The van der Waals surface area contributed by atoms with Crippen molar-refractivity contribution in [1.82, 2.24) is 19.3 Å². The number of aromatic nitrogens is 3. The molecule has 0 atom stereocenters. The zero-order valence-corrected chi connectivity index (χ0v) is 20.1. The Morgan fingerprint density at radius 3 is 2.56 bits per heavy atom. The van der Waals surface area contributed by atoms with E-state index < -0.39 is 0 Å². The summed E-state index contributed by atoms with van der Waals surface area (Å²) in [6.07, 6.45) is 2.96. The maximum atomic E-state index is 13.3. The van der Waals surface area contributed by atoms with E-state index >= 15 is 0 Å². The number of imidazole rings is 1. The normalized spacial score (nSPS) is 14.5. The van der Waals surface area contributed by atoms with Gasteiger partial charge in [0.1, 0.15) is 17.3 Å². The van der Waals surface area contributed by atoms with Crippen molar-refractivity contribution in [3.8, 4) is 17.3 Å². The quantitative estimate of drug-likeness (QED) is 0.381. The largest absolute Gasteiger partial charge is 0.368 e. The average molecular weight is 476 g/mol. The first kappa shape index (κ1) is 22.3. The van der Waals surface area contributed by atoms with Crippen LogP contribution in [0.3, 0.4) is 0 Å². The predicted octanol–water partition coefficient (Wildman–Crippen LogP) is 4.57. The summed E-state index contributed by atoms with van der Waals surface area (Å²) in [6.45, 7) is 6.14. The summed E-state index contributed by atoms with van der Waals surface area (Å²) in [4.78, 5) is 16.3. The van der Waals surface area contributed by atoms with Crippen molar-refractivity contribution in [1.29, 1.82) is 5.26 Å². The molecule has 4 heterocycles. The predicted molar refractivity (Wildman–Crippen MR) is 134 cm³/mol. The summed E-state index contributed by atoms with van der Waals surface area (Å²) >= 11 is 1.56. The Labute approximate surface area is 202 Å². The van der Waals surface area contributed by atoms with Crippen LogP contribution in [0.1, 0.15) is 12.6 Å². The molecule has 0 N–H and O–H groups in total. The molecule has 0 bridgehead atoms. The number of piperazine rings is 1. The van der Waals surface area contributed by atoms with E-state index in [0.29, 0.717) is 6.54 Å². The molecule has 0 unspecified atom stereocenters. The minimum Gasteiger partial charge on any atom is -0.368 e. The minimum absolute atomic E-state index is 0.253. The number of nitriles is 1. The molecule has 5 rings (SSSR count). The Morgan fingerprint density at radius 1 is 1.09 bits per heavy atom. The molecule has 0 spiro atoms. The van der Waals surface area contributed by atoms with Gasteiger partial charge in [-0.25, -0.2) is 14.4 Å². The molecule has 7 nitrogen and oxygen atoms in total. The highest BCUT2D eigenvalue weighted by Gasteiger charge is 2.21. The number of benzene rings is 1. The lowest BCUT2D eigenvalue weighted by Gasteiger charge is -2.35. The van der Waals surface area contributed by atoms with Gasteiger partial charge < -0.3 is 9.80 Å². The van der Waals surface area contributed by atoms with E-state index in [9.17, 15) is 4.39 Å². The zero-order chi connectivity index (χ0) is 23.7. The summed E-state index contributed by atoms with van der Waals surface area (Å²) in [5.74, 6) is 0.749. The molecule has 174 valence electrons. The van der Waals surface area contributed by atoms with Crippen molar-refractivity contribution in [2.75, 3.05) is 49.6 Å². The van der Waals surface area contributed by atoms with Crippen molar-refractivity contribution >= 4 is 33.6 Å². The van der Waals surface area contributed by atoms with Gasteiger partial charge in [-0.15, -0.1) is 11.3 Å². The fourth-order valence-electron chi connectivity index (χ4n) is 4.38. The molecule has 34 heavy (non-hydrogen) atoms. The molecular weight excluding hydrogens is 449 g/mol. The smallest absolute Gasteiger partial charge is 0.191 e. The Balaban J connectivity index is 1.46. The van der Waals surface area contributed by atoms with Gasteiger partial charge in [0, 0.05) is 50.4 Å². The molecule has 3 aromatic heterocycles. The fraction of sp³-hybridized carbons (Fsp3) is 0.320. The van der Waals surface area contributed by atoms with Gasteiger partial charge in [0.15, 0.2) is 5.13 Å². The third-order valence-electron chi connectivity index (χ3n) is 6.25. The van der Waals surface area contributed by atoms with Crippen LogP contribution in [0.2, 0.25) is 0 Å². The SMILES string of the molecule is CCc1nc2ccc(N3CCN(CC#N)CC3)cn2c1N(C)c1nc(-c2ccc(F)cc2)cs1. The zero-order valence-electron chi connectivity index (χ0n) is 19.3. The van der Waals surface area contributed by atoms with Gasteiger partial charge in [-0.2, -0.15) is 5.26 Å². The van der Waals surface area contributed by atoms with Crippen LogP contribution in [0.4, 0.5) is 21.0 Å². The topological polar surface area (TPSA) is 63.7 Å². The van der Waals surface area contributed by atoms with Crippen LogP contribution in [0.15, 0.2) is 48.0 Å². The maximum absolute atomic E-state index is 13.3. The number of pyridine rings is 1. The molecule has 1 saturated heterocycles. The monoisotopic (exact) mass is 475 g/mol. The highest BCUT2D eigenvalue weighted by atomic mass is 32.1. The van der Waals surface area contributed by atoms with E-state index in [1.54, 1.807) is 23.5 Å². The maximum Gasteiger partial charge on any atom is 0.191 e. The number of rotatable bonds is 6. The molecule has 0 aliphatic carbocycles. The number of thiazole rings is 1. The number of nitrogens with zero attached hydrogens (tertiary/aromatic N) is 7. The number of halogens is 1. The fourth-order valence-corrected chi connectivity index (χ4v) is 5.18. The van der Waals surface area contributed by atoms with Crippen LogP contribution in [0.5, 0.6) is 0 Å². The van der Waals surface area contributed by atoms with Crippen molar-refractivity contribution in [3.63, 3.8) is 0 Å². The van der Waals surface area contributed by atoms with Crippen LogP contribution in [-0.4, -0.2) is 59.0 Å². The van der Waals surface area contributed by atoms with Crippen LogP contribution >= 0.6 is 11.3 Å². The second-order valence-corrected chi connectivity index (χ2v) is 9.19. The third-order valence-corrected chi connectivity index (χ3v) is 7.17. The van der Waals surface area contributed by atoms with Gasteiger partial charge in [0.2, 0.25) is 0 Å². The molecular formula is C25H26FN7S. The number of hydrogen-bond acceptors (Lipinski definition) is 7. The Bertz CT molecular complexity index is 1330. The van der Waals surface area contributed by atoms with Crippen molar-refractivity contribution < 1.29 is 4.39 Å². The number of fused-ring (bicyclic) bond motifs is 1. The molecule has 4 aromatic rings. The molecule has 1 aromatic carbocycles. The lowest BCUT2D eigenvalue weighted by Crippen LogP contribution is -2.46. The van der Waals surface area contributed by atoms with Gasteiger partial charge in [-0.05, 0) is 42.8 Å². The van der Waals surface area contributed by atoms with E-state index in [-0.39, 0.29) is 5.82 Å². The third kappa shape index (κ3) is 4.22. The molecule has 9 heteroatoms. The van der Waals surface area contributed by atoms with Crippen molar-refractivity contribution in [2.45, 2.75) is 13.3 Å². The second kappa shape index (κ2) is 9.41. The molecule has 1 fully saturated rings. The first-order chi connectivity index (χ1) is 16.6. The van der Waals surface area contributed by atoms with Gasteiger partial charge in [-0.1, -0.05) is 6.92 Å². The van der Waals surface area contributed by atoms with E-state index in [1.807, 2.05) is 12.4 Å². The van der Waals surface area contributed by atoms with Crippen LogP contribution in [-0.2, 0) is 6.42 Å². The summed E-state index contributed by atoms with van der Waals surface area (Å²) in [6, 6.07) is 12.9. The lowest BCUT2D eigenvalue weighted by atomic mass is 10.2. The molecule has 1 aliphatic heterocycles. The van der Waals surface area contributed by atoms with Gasteiger partial charge in [-0.3, -0.25) is 9.30 Å². The van der Waals surface area contributed by atoms with E-state index in [4.69, 9.17) is 15.2 Å². The first-order valence-corrected chi connectivity index (χ1v) is 12.3. The van der Waals surface area contributed by atoms with E-state index in [0.717, 1.165) is 71.8 Å². The molecule has 0 radical (unpaired) electrons. The van der Waals surface area contributed by atoms with E-state index in [1.165, 1.54) is 12.1 Å². The standard InChI is InChI=1S/C25H26FN7S/c1-3-21-24(30(2)25-29-22(17-34-25)18-4-6-19(26)7-5-18)33-16-20(8-9-23(33)28-21)32-14-12-31(11-10-27)13-15-32/h4-9,16-17H,3,11-15H2,1-2H3. The van der Waals surface area contributed by atoms with Crippen molar-refractivity contribution in [3.05, 3.63) is 59.5 Å². The van der Waals surface area contributed by atoms with Crippen LogP contribution in [0.25, 0.3) is 16.9 Å². The van der Waals surface area contributed by atoms with Crippen LogP contribution < -0.4 is 9.80 Å².